The van der Waals surface area contributed by atoms with Gasteiger partial charge in [-0.1, -0.05) is 92.2 Å². The molecule has 0 radical (unpaired) electrons. The number of carbonyl (C=O) groups excluding carboxylic acids is 2. The molecule has 1 heterocycles. The maximum absolute atomic E-state index is 12.6. The minimum atomic E-state index is -0.928. The van der Waals surface area contributed by atoms with Gasteiger partial charge in [-0.25, -0.2) is 4.79 Å². The second kappa shape index (κ2) is 15.1. The molecule has 6 heteroatoms. The molecule has 0 aliphatic carbocycles. The number of benzene rings is 4. The van der Waals surface area contributed by atoms with Crippen molar-refractivity contribution in [1.82, 2.24) is 0 Å². The van der Waals surface area contributed by atoms with E-state index < -0.39 is 11.9 Å². The van der Waals surface area contributed by atoms with E-state index >= 15 is 0 Å². The largest absolute Gasteiger partial charge is 0.491 e. The van der Waals surface area contributed by atoms with Gasteiger partial charge < -0.3 is 19.2 Å². The van der Waals surface area contributed by atoms with Crippen LogP contribution in [0.15, 0.2) is 101 Å². The fourth-order valence-electron chi connectivity index (χ4n) is 5.31. The first kappa shape index (κ1) is 30.6. The third kappa shape index (κ3) is 7.75. The summed E-state index contributed by atoms with van der Waals surface area (Å²) >= 11 is 0. The van der Waals surface area contributed by atoms with Gasteiger partial charge in [-0.3, -0.25) is 4.79 Å². The second-order valence-electron chi connectivity index (χ2n) is 10.8. The second-order valence-corrected chi connectivity index (χ2v) is 10.8. The number of anilines is 1. The number of nitrogens with one attached hydrogen (secondary N) is 1. The smallest absolute Gasteiger partial charge is 0.397 e. The molecule has 5 rings (SSSR count). The van der Waals surface area contributed by atoms with E-state index in [-0.39, 0.29) is 6.61 Å². The SMILES string of the molecule is CCCCc1oc2ccccc2c1Cc1ccc(-c2ccc(OCCCc3ccccc3)c(NC(=O)C(=O)OCC)c2)cc1. The summed E-state index contributed by atoms with van der Waals surface area (Å²) in [5, 5.41) is 3.87. The molecular weight excluding hydrogens is 550 g/mol. The zero-order valence-corrected chi connectivity index (χ0v) is 25.4. The quantitative estimate of drug-likeness (QED) is 0.0846. The zero-order chi connectivity index (χ0) is 30.7. The van der Waals surface area contributed by atoms with Crippen molar-refractivity contribution in [2.45, 2.75) is 52.4 Å². The molecule has 1 amide bonds. The van der Waals surface area contributed by atoms with Crippen LogP contribution < -0.4 is 10.1 Å². The van der Waals surface area contributed by atoms with Crippen LogP contribution in [0.25, 0.3) is 22.1 Å². The van der Waals surface area contributed by atoms with Gasteiger partial charge in [0.15, 0.2) is 0 Å². The summed E-state index contributed by atoms with van der Waals surface area (Å²) in [6, 6.07) is 32.5. The van der Waals surface area contributed by atoms with Crippen molar-refractivity contribution in [1.29, 1.82) is 0 Å². The lowest BCUT2D eigenvalue weighted by Gasteiger charge is -2.14. The summed E-state index contributed by atoms with van der Waals surface area (Å²) in [5.41, 5.74) is 6.92. The lowest BCUT2D eigenvalue weighted by atomic mass is 9.97. The molecule has 1 aromatic heterocycles. The summed E-state index contributed by atoms with van der Waals surface area (Å²) in [6.07, 6.45) is 5.61. The van der Waals surface area contributed by atoms with Crippen molar-refractivity contribution in [2.75, 3.05) is 18.5 Å². The van der Waals surface area contributed by atoms with E-state index in [4.69, 9.17) is 13.9 Å². The Kier molecular flexibility index (Phi) is 10.5. The predicted octanol–water partition coefficient (Wildman–Crippen LogP) is 8.55. The third-order valence-corrected chi connectivity index (χ3v) is 7.61. The average molecular weight is 590 g/mol. The number of para-hydroxylation sites is 1. The van der Waals surface area contributed by atoms with Crippen LogP contribution in [0.1, 0.15) is 55.6 Å². The molecule has 1 N–H and O–H groups in total. The Hall–Kier alpha value is -4.84. The van der Waals surface area contributed by atoms with E-state index in [9.17, 15) is 9.59 Å². The number of rotatable bonds is 13. The average Bonchev–Trinajstić information content (AvgIpc) is 3.40. The van der Waals surface area contributed by atoms with Crippen LogP contribution in [0.4, 0.5) is 5.69 Å². The summed E-state index contributed by atoms with van der Waals surface area (Å²) in [5.74, 6) is -0.192. The van der Waals surface area contributed by atoms with Crippen LogP contribution in [0.2, 0.25) is 0 Å². The predicted molar refractivity (Wildman–Crippen MR) is 175 cm³/mol. The highest BCUT2D eigenvalue weighted by molar-refractivity contribution is 6.37. The number of carbonyl (C=O) groups is 2. The molecule has 0 atom stereocenters. The Morgan fingerprint density at radius 2 is 1.52 bits per heavy atom. The number of aryl methyl sites for hydroxylation is 2. The Balaban J connectivity index is 1.33. The van der Waals surface area contributed by atoms with Gasteiger partial charge in [0, 0.05) is 23.8 Å². The van der Waals surface area contributed by atoms with Crippen molar-refractivity contribution in [2.24, 2.45) is 0 Å². The number of hydrogen-bond donors (Lipinski definition) is 1. The van der Waals surface area contributed by atoms with Crippen molar-refractivity contribution in [3.63, 3.8) is 0 Å². The first-order chi connectivity index (χ1) is 21.6. The highest BCUT2D eigenvalue weighted by Gasteiger charge is 2.18. The summed E-state index contributed by atoms with van der Waals surface area (Å²) in [6.45, 7) is 4.45. The van der Waals surface area contributed by atoms with Gasteiger partial charge in [0.05, 0.1) is 18.9 Å². The zero-order valence-electron chi connectivity index (χ0n) is 25.4. The van der Waals surface area contributed by atoms with E-state index in [1.807, 2.05) is 48.5 Å². The number of esters is 1. The van der Waals surface area contributed by atoms with Gasteiger partial charge in [0.25, 0.3) is 0 Å². The Labute approximate surface area is 259 Å². The molecule has 0 saturated heterocycles. The summed E-state index contributed by atoms with van der Waals surface area (Å²) < 4.78 is 17.2. The van der Waals surface area contributed by atoms with Crippen LogP contribution >= 0.6 is 0 Å². The summed E-state index contributed by atoms with van der Waals surface area (Å²) in [7, 11) is 0. The lowest BCUT2D eigenvalue weighted by Crippen LogP contribution is -2.25. The Morgan fingerprint density at radius 1 is 0.773 bits per heavy atom. The Bertz CT molecular complexity index is 1690. The topological polar surface area (TPSA) is 77.8 Å². The van der Waals surface area contributed by atoms with Crippen LogP contribution in [-0.2, 0) is 33.6 Å². The fourth-order valence-corrected chi connectivity index (χ4v) is 5.31. The van der Waals surface area contributed by atoms with Crippen molar-refractivity contribution < 1.29 is 23.5 Å². The first-order valence-electron chi connectivity index (χ1n) is 15.4. The van der Waals surface area contributed by atoms with Crippen LogP contribution in [0.5, 0.6) is 5.75 Å². The molecule has 0 aliphatic heterocycles. The van der Waals surface area contributed by atoms with E-state index in [0.717, 1.165) is 61.0 Å². The Morgan fingerprint density at radius 3 is 2.30 bits per heavy atom. The van der Waals surface area contributed by atoms with E-state index in [1.54, 1.807) is 6.92 Å². The molecule has 0 aliphatic rings. The van der Waals surface area contributed by atoms with Crippen LogP contribution in [-0.4, -0.2) is 25.1 Å². The number of ether oxygens (including phenoxy) is 2. The standard InChI is InChI=1S/C38H39NO5/c1-3-5-16-35-32(31-15-9-10-17-34(31)44-35)25-28-18-20-29(21-19-28)30-22-23-36(33(26-30)39-37(40)38(41)42-4-2)43-24-11-14-27-12-7-6-8-13-27/h6-10,12-13,15,17-23,26H,3-5,11,14,16,24-25H2,1-2H3,(H,39,40). The maximum atomic E-state index is 12.6. The van der Waals surface area contributed by atoms with Crippen LogP contribution in [0.3, 0.4) is 0 Å². The molecule has 0 fully saturated rings. The van der Waals surface area contributed by atoms with Gasteiger partial charge in [0.1, 0.15) is 17.1 Å². The molecule has 44 heavy (non-hydrogen) atoms. The molecular formula is C38H39NO5. The van der Waals surface area contributed by atoms with Crippen molar-refractivity contribution in [3.05, 3.63) is 120 Å². The molecule has 6 nitrogen and oxygen atoms in total. The van der Waals surface area contributed by atoms with Crippen molar-refractivity contribution >= 4 is 28.5 Å². The summed E-state index contributed by atoms with van der Waals surface area (Å²) in [4.78, 5) is 24.6. The molecule has 4 aromatic carbocycles. The van der Waals surface area contributed by atoms with Crippen LogP contribution in [0, 0.1) is 0 Å². The number of amides is 1. The van der Waals surface area contributed by atoms with Gasteiger partial charge in [-0.2, -0.15) is 0 Å². The van der Waals surface area contributed by atoms with E-state index in [1.165, 1.54) is 22.1 Å². The first-order valence-corrected chi connectivity index (χ1v) is 15.4. The highest BCUT2D eigenvalue weighted by atomic mass is 16.5. The maximum Gasteiger partial charge on any atom is 0.397 e. The fraction of sp³-hybridized carbons (Fsp3) is 0.263. The molecule has 0 spiro atoms. The number of unbranched alkanes of at least 4 members (excludes halogenated alkanes) is 1. The number of fused-ring (bicyclic) bond motifs is 1. The van der Waals surface area contributed by atoms with Gasteiger partial charge >= 0.3 is 11.9 Å². The van der Waals surface area contributed by atoms with E-state index in [2.05, 4.69) is 60.8 Å². The van der Waals surface area contributed by atoms with Gasteiger partial charge in [0.2, 0.25) is 0 Å². The number of hydrogen-bond acceptors (Lipinski definition) is 5. The molecule has 5 aromatic rings. The normalized spacial score (nSPS) is 11.0. The molecule has 0 saturated carbocycles. The number of furan rings is 1. The molecule has 0 unspecified atom stereocenters. The van der Waals surface area contributed by atoms with Gasteiger partial charge in [-0.15, -0.1) is 0 Å². The van der Waals surface area contributed by atoms with E-state index in [0.29, 0.717) is 18.0 Å². The third-order valence-electron chi connectivity index (χ3n) is 7.61. The highest BCUT2D eigenvalue weighted by Crippen LogP contribution is 2.33. The minimum absolute atomic E-state index is 0.121. The minimum Gasteiger partial charge on any atom is -0.491 e. The van der Waals surface area contributed by atoms with Gasteiger partial charge in [-0.05, 0) is 66.6 Å². The molecule has 226 valence electrons. The van der Waals surface area contributed by atoms with Crippen molar-refractivity contribution in [3.8, 4) is 16.9 Å². The molecule has 0 bridgehead atoms. The monoisotopic (exact) mass is 589 g/mol. The lowest BCUT2D eigenvalue weighted by molar-refractivity contribution is -0.152.